The number of aromatic nitrogens is 2. The van der Waals surface area contributed by atoms with Gasteiger partial charge in [0.2, 0.25) is 0 Å². The molecule has 5 heteroatoms. The van der Waals surface area contributed by atoms with Crippen molar-refractivity contribution in [3.63, 3.8) is 0 Å². The van der Waals surface area contributed by atoms with Crippen LogP contribution in [0.3, 0.4) is 0 Å². The molecule has 1 heterocycles. The van der Waals surface area contributed by atoms with Crippen LogP contribution in [0.1, 0.15) is 24.2 Å². The lowest BCUT2D eigenvalue weighted by Crippen LogP contribution is -2.19. The van der Waals surface area contributed by atoms with Gasteiger partial charge in [0.25, 0.3) is 0 Å². The summed E-state index contributed by atoms with van der Waals surface area (Å²) in [5.41, 5.74) is 8.46. The molecule has 2 N–H and O–H groups in total. The number of nitrogens with two attached hydrogens (primary N) is 1. The summed E-state index contributed by atoms with van der Waals surface area (Å²) in [6, 6.07) is 8.07. The Bertz CT molecular complexity index is 515. The van der Waals surface area contributed by atoms with E-state index in [4.69, 9.17) is 10.5 Å². The molecule has 0 spiro atoms. The monoisotopic (exact) mass is 323 g/mol. The molecule has 0 amide bonds. The molecule has 2 aromatic rings. The molecule has 0 bridgehead atoms. The van der Waals surface area contributed by atoms with Gasteiger partial charge in [0.05, 0.1) is 25.0 Å². The van der Waals surface area contributed by atoms with Crippen LogP contribution < -0.4 is 10.5 Å². The summed E-state index contributed by atoms with van der Waals surface area (Å²) in [6.45, 7) is 2.83. The second kappa shape index (κ2) is 6.21. The molecule has 102 valence electrons. The lowest BCUT2D eigenvalue weighted by atomic mass is 10.0. The minimum absolute atomic E-state index is 0.126. The molecule has 0 aliphatic rings. The third kappa shape index (κ3) is 3.16. The van der Waals surface area contributed by atoms with E-state index in [2.05, 4.69) is 33.2 Å². The minimum Gasteiger partial charge on any atom is -0.493 e. The van der Waals surface area contributed by atoms with Gasteiger partial charge in [0.1, 0.15) is 0 Å². The molecule has 1 atom stereocenters. The van der Waals surface area contributed by atoms with Gasteiger partial charge in [-0.05, 0) is 31.0 Å². The standard InChI is InChI=1S/C14H18BrN3O/c1-3-18-14(13(19-2)9-17-18)12(16)8-10-4-6-11(15)7-5-10/h4-7,9,12H,3,8,16H2,1-2H3. The van der Waals surface area contributed by atoms with Gasteiger partial charge in [0, 0.05) is 11.0 Å². The summed E-state index contributed by atoms with van der Waals surface area (Å²) in [7, 11) is 1.65. The highest BCUT2D eigenvalue weighted by Gasteiger charge is 2.18. The third-order valence-corrected chi connectivity index (χ3v) is 3.61. The first-order valence-corrected chi connectivity index (χ1v) is 7.04. The van der Waals surface area contributed by atoms with E-state index in [1.165, 1.54) is 5.56 Å². The summed E-state index contributed by atoms with van der Waals surface area (Å²) in [4.78, 5) is 0. The SMILES string of the molecule is CCn1ncc(OC)c1C(N)Cc1ccc(Br)cc1. The highest BCUT2D eigenvalue weighted by Crippen LogP contribution is 2.26. The Kier molecular flexibility index (Phi) is 4.61. The zero-order chi connectivity index (χ0) is 13.8. The van der Waals surface area contributed by atoms with Crippen LogP contribution in [0, 0.1) is 0 Å². The van der Waals surface area contributed by atoms with Crippen molar-refractivity contribution in [1.82, 2.24) is 9.78 Å². The Morgan fingerprint density at radius 3 is 2.63 bits per heavy atom. The first-order chi connectivity index (χ1) is 9.15. The number of aryl methyl sites for hydroxylation is 1. The number of halogens is 1. The van der Waals surface area contributed by atoms with Gasteiger partial charge in [-0.25, -0.2) is 0 Å². The Morgan fingerprint density at radius 1 is 1.37 bits per heavy atom. The van der Waals surface area contributed by atoms with Crippen LogP contribution in [-0.4, -0.2) is 16.9 Å². The van der Waals surface area contributed by atoms with E-state index in [0.717, 1.165) is 28.9 Å². The largest absolute Gasteiger partial charge is 0.493 e. The normalized spacial score (nSPS) is 12.4. The third-order valence-electron chi connectivity index (χ3n) is 3.08. The first-order valence-electron chi connectivity index (χ1n) is 6.25. The van der Waals surface area contributed by atoms with Gasteiger partial charge >= 0.3 is 0 Å². The van der Waals surface area contributed by atoms with Crippen molar-refractivity contribution >= 4 is 15.9 Å². The Labute approximate surface area is 121 Å². The lowest BCUT2D eigenvalue weighted by molar-refractivity contribution is 0.401. The van der Waals surface area contributed by atoms with Gasteiger partial charge in [-0.15, -0.1) is 0 Å². The zero-order valence-electron chi connectivity index (χ0n) is 11.1. The lowest BCUT2D eigenvalue weighted by Gasteiger charge is -2.15. The van der Waals surface area contributed by atoms with Crippen molar-refractivity contribution in [1.29, 1.82) is 0 Å². The fourth-order valence-electron chi connectivity index (χ4n) is 2.13. The highest BCUT2D eigenvalue weighted by molar-refractivity contribution is 9.10. The van der Waals surface area contributed by atoms with E-state index in [-0.39, 0.29) is 6.04 Å². The fourth-order valence-corrected chi connectivity index (χ4v) is 2.40. The molecule has 0 fully saturated rings. The van der Waals surface area contributed by atoms with Crippen molar-refractivity contribution in [3.05, 3.63) is 46.2 Å². The molecule has 0 radical (unpaired) electrons. The maximum atomic E-state index is 6.31. The summed E-state index contributed by atoms with van der Waals surface area (Å²) < 4.78 is 8.30. The fraction of sp³-hybridized carbons (Fsp3) is 0.357. The van der Waals surface area contributed by atoms with Crippen LogP contribution >= 0.6 is 15.9 Å². The summed E-state index contributed by atoms with van der Waals surface area (Å²) in [6.07, 6.45) is 2.48. The minimum atomic E-state index is -0.126. The molecule has 0 saturated heterocycles. The number of nitrogens with zero attached hydrogens (tertiary/aromatic N) is 2. The number of hydrogen-bond acceptors (Lipinski definition) is 3. The molecule has 0 aliphatic heterocycles. The molecule has 19 heavy (non-hydrogen) atoms. The van der Waals surface area contributed by atoms with E-state index in [0.29, 0.717) is 0 Å². The van der Waals surface area contributed by atoms with Crippen LogP contribution in [0.15, 0.2) is 34.9 Å². The molecule has 0 saturated carbocycles. The van der Waals surface area contributed by atoms with Crippen LogP contribution in [0.4, 0.5) is 0 Å². The molecular weight excluding hydrogens is 306 g/mol. The van der Waals surface area contributed by atoms with Crippen molar-refractivity contribution in [3.8, 4) is 5.75 Å². The van der Waals surface area contributed by atoms with Crippen molar-refractivity contribution in [2.75, 3.05) is 7.11 Å². The average Bonchev–Trinajstić information content (AvgIpc) is 2.84. The van der Waals surface area contributed by atoms with Crippen molar-refractivity contribution < 1.29 is 4.74 Å². The molecule has 1 aromatic carbocycles. The molecule has 0 aliphatic carbocycles. The van der Waals surface area contributed by atoms with Gasteiger partial charge in [0.15, 0.2) is 5.75 Å². The van der Waals surface area contributed by atoms with Gasteiger partial charge in [-0.1, -0.05) is 28.1 Å². The van der Waals surface area contributed by atoms with Crippen LogP contribution in [0.5, 0.6) is 5.75 Å². The number of benzene rings is 1. The maximum Gasteiger partial charge on any atom is 0.161 e. The number of ether oxygens (including phenoxy) is 1. The highest BCUT2D eigenvalue weighted by atomic mass is 79.9. The molecule has 2 rings (SSSR count). The second-order valence-electron chi connectivity index (χ2n) is 4.35. The van der Waals surface area contributed by atoms with Gasteiger partial charge < -0.3 is 10.5 Å². The van der Waals surface area contributed by atoms with Gasteiger partial charge in [-0.3, -0.25) is 4.68 Å². The molecular formula is C14H18BrN3O. The topological polar surface area (TPSA) is 53.1 Å². The Balaban J connectivity index is 2.21. The predicted octanol–water partition coefficient (Wildman–Crippen LogP) is 2.92. The predicted molar refractivity (Wildman–Crippen MR) is 79.2 cm³/mol. The summed E-state index contributed by atoms with van der Waals surface area (Å²) in [5, 5.41) is 4.29. The number of rotatable bonds is 5. The number of hydrogen-bond donors (Lipinski definition) is 1. The summed E-state index contributed by atoms with van der Waals surface area (Å²) in [5.74, 6) is 0.756. The molecule has 1 unspecified atom stereocenters. The van der Waals surface area contributed by atoms with Gasteiger partial charge in [-0.2, -0.15) is 5.10 Å². The quantitative estimate of drug-likeness (QED) is 0.920. The second-order valence-corrected chi connectivity index (χ2v) is 5.27. The Morgan fingerprint density at radius 2 is 2.05 bits per heavy atom. The first kappa shape index (κ1) is 14.1. The smallest absolute Gasteiger partial charge is 0.161 e. The van der Waals surface area contributed by atoms with Crippen molar-refractivity contribution in [2.24, 2.45) is 5.73 Å². The Hall–Kier alpha value is -1.33. The number of methoxy groups -OCH3 is 1. The van der Waals surface area contributed by atoms with E-state index in [1.54, 1.807) is 13.3 Å². The zero-order valence-corrected chi connectivity index (χ0v) is 12.7. The van der Waals surface area contributed by atoms with E-state index < -0.39 is 0 Å². The van der Waals surface area contributed by atoms with Crippen molar-refractivity contribution in [2.45, 2.75) is 25.9 Å². The average molecular weight is 324 g/mol. The molecule has 1 aromatic heterocycles. The van der Waals surface area contributed by atoms with Crippen LogP contribution in [0.25, 0.3) is 0 Å². The van der Waals surface area contributed by atoms with Crippen LogP contribution in [0.2, 0.25) is 0 Å². The molecule has 4 nitrogen and oxygen atoms in total. The van der Waals surface area contributed by atoms with E-state index in [9.17, 15) is 0 Å². The van der Waals surface area contributed by atoms with E-state index in [1.807, 2.05) is 23.7 Å². The van der Waals surface area contributed by atoms with E-state index >= 15 is 0 Å². The maximum absolute atomic E-state index is 6.31. The summed E-state index contributed by atoms with van der Waals surface area (Å²) >= 11 is 3.43. The van der Waals surface area contributed by atoms with Crippen LogP contribution in [-0.2, 0) is 13.0 Å².